The summed E-state index contributed by atoms with van der Waals surface area (Å²) in [5.41, 5.74) is 1.74. The zero-order chi connectivity index (χ0) is 20.2. The van der Waals surface area contributed by atoms with Crippen LogP contribution in [0.15, 0.2) is 83.7 Å². The number of para-hydroxylation sites is 2. The smallest absolute Gasteiger partial charge is 0.283 e. The first-order chi connectivity index (χ1) is 14.1. The Bertz CT molecular complexity index is 1210. The molecule has 5 nitrogen and oxygen atoms in total. The van der Waals surface area contributed by atoms with Gasteiger partial charge in [0.15, 0.2) is 11.5 Å². The number of benzene rings is 3. The van der Waals surface area contributed by atoms with Crippen LogP contribution in [0.25, 0.3) is 10.8 Å². The number of rotatable bonds is 6. The van der Waals surface area contributed by atoms with Gasteiger partial charge in [0.05, 0.1) is 5.69 Å². The summed E-state index contributed by atoms with van der Waals surface area (Å²) in [7, 11) is 0. The molecule has 29 heavy (non-hydrogen) atoms. The van der Waals surface area contributed by atoms with E-state index in [-0.39, 0.29) is 6.61 Å². The van der Waals surface area contributed by atoms with Crippen molar-refractivity contribution in [1.82, 2.24) is 4.73 Å². The molecule has 0 aliphatic rings. The van der Waals surface area contributed by atoms with Crippen LogP contribution < -0.4 is 15.0 Å². The van der Waals surface area contributed by atoms with Gasteiger partial charge in [0.2, 0.25) is 0 Å². The minimum absolute atomic E-state index is 0.0437. The highest BCUT2D eigenvalue weighted by molar-refractivity contribution is 5.85. The molecule has 3 aromatic carbocycles. The molecule has 4 rings (SSSR count). The maximum Gasteiger partial charge on any atom is 0.283 e. The van der Waals surface area contributed by atoms with Crippen LogP contribution in [-0.4, -0.2) is 9.94 Å². The van der Waals surface area contributed by atoms with Gasteiger partial charge in [-0.05, 0) is 47.0 Å². The van der Waals surface area contributed by atoms with Crippen molar-refractivity contribution in [2.75, 3.05) is 0 Å². The number of aryl methyl sites for hydroxylation is 1. The molecule has 0 atom stereocenters. The van der Waals surface area contributed by atoms with Gasteiger partial charge in [-0.3, -0.25) is 4.79 Å². The molecular weight excluding hydrogens is 366 g/mol. The van der Waals surface area contributed by atoms with Crippen LogP contribution in [0.4, 0.5) is 0 Å². The van der Waals surface area contributed by atoms with Crippen LogP contribution in [0.1, 0.15) is 16.8 Å². The van der Waals surface area contributed by atoms with E-state index < -0.39 is 5.56 Å². The van der Waals surface area contributed by atoms with Gasteiger partial charge in [-0.2, -0.15) is 0 Å². The minimum atomic E-state index is -0.482. The van der Waals surface area contributed by atoms with Crippen molar-refractivity contribution < 1.29 is 14.7 Å². The van der Waals surface area contributed by atoms with E-state index in [9.17, 15) is 10.0 Å². The fraction of sp³-hybridized carbons (Fsp3) is 0.125. The minimum Gasteiger partial charge on any atom is -0.485 e. The van der Waals surface area contributed by atoms with E-state index in [4.69, 9.17) is 9.47 Å². The lowest BCUT2D eigenvalue weighted by atomic mass is 10.1. The number of hydrogen-bond acceptors (Lipinski definition) is 4. The summed E-state index contributed by atoms with van der Waals surface area (Å²) in [6, 6.07) is 24.8. The van der Waals surface area contributed by atoms with Crippen molar-refractivity contribution in [2.45, 2.75) is 20.1 Å². The Balaban J connectivity index is 1.52. The molecule has 146 valence electrons. The van der Waals surface area contributed by atoms with E-state index in [0.29, 0.717) is 28.5 Å². The molecule has 0 spiro atoms. The molecule has 0 saturated heterocycles. The lowest BCUT2D eigenvalue weighted by Gasteiger charge is -2.14. The molecule has 0 radical (unpaired) electrons. The summed E-state index contributed by atoms with van der Waals surface area (Å²) in [5, 5.41) is 12.2. The molecular formula is C24H21NO4. The van der Waals surface area contributed by atoms with Crippen LogP contribution in [0.5, 0.6) is 11.5 Å². The summed E-state index contributed by atoms with van der Waals surface area (Å²) in [6.45, 7) is 2.24. The van der Waals surface area contributed by atoms with Gasteiger partial charge >= 0.3 is 0 Å². The SMILES string of the molecule is Cc1cc(COc2ccccc2OCc2cccc3ccccc23)n(O)c(=O)c1. The lowest BCUT2D eigenvalue weighted by Crippen LogP contribution is -2.22. The largest absolute Gasteiger partial charge is 0.485 e. The van der Waals surface area contributed by atoms with Gasteiger partial charge in [-0.15, -0.1) is 4.73 Å². The molecule has 0 aliphatic carbocycles. The Kier molecular flexibility index (Phi) is 5.20. The number of nitrogens with zero attached hydrogens (tertiary/aromatic N) is 1. The first kappa shape index (κ1) is 18.6. The fourth-order valence-electron chi connectivity index (χ4n) is 3.28. The van der Waals surface area contributed by atoms with Crippen molar-refractivity contribution in [3.63, 3.8) is 0 Å². The van der Waals surface area contributed by atoms with E-state index >= 15 is 0 Å². The summed E-state index contributed by atoms with van der Waals surface area (Å²) < 4.78 is 12.5. The van der Waals surface area contributed by atoms with E-state index in [2.05, 4.69) is 18.2 Å². The van der Waals surface area contributed by atoms with Crippen LogP contribution in [0.2, 0.25) is 0 Å². The predicted octanol–water partition coefficient (Wildman–Crippen LogP) is 4.71. The Labute approximate surface area is 168 Å². The van der Waals surface area contributed by atoms with Crippen molar-refractivity contribution in [1.29, 1.82) is 0 Å². The van der Waals surface area contributed by atoms with Crippen molar-refractivity contribution in [3.05, 3.63) is 106 Å². The van der Waals surface area contributed by atoms with Crippen LogP contribution in [-0.2, 0) is 13.2 Å². The molecule has 0 saturated carbocycles. The third kappa shape index (κ3) is 4.09. The highest BCUT2D eigenvalue weighted by Crippen LogP contribution is 2.29. The molecule has 4 aromatic rings. The molecule has 0 fully saturated rings. The Morgan fingerprint density at radius 1 is 0.828 bits per heavy atom. The standard InChI is InChI=1S/C24H21NO4/c1-17-13-20(25(27)24(26)14-17)16-29-23-12-5-4-11-22(23)28-15-19-9-6-8-18-7-2-3-10-21(18)19/h2-14,27H,15-16H2,1H3. The number of ether oxygens (including phenoxy) is 2. The first-order valence-electron chi connectivity index (χ1n) is 9.35. The first-order valence-corrected chi connectivity index (χ1v) is 9.35. The van der Waals surface area contributed by atoms with Gasteiger partial charge in [-0.1, -0.05) is 54.6 Å². The van der Waals surface area contributed by atoms with Crippen molar-refractivity contribution in [2.24, 2.45) is 0 Å². The van der Waals surface area contributed by atoms with Crippen LogP contribution in [0, 0.1) is 6.92 Å². The van der Waals surface area contributed by atoms with E-state index in [1.807, 2.05) is 42.5 Å². The second kappa shape index (κ2) is 8.10. The highest BCUT2D eigenvalue weighted by Gasteiger charge is 2.09. The second-order valence-corrected chi connectivity index (χ2v) is 6.84. The zero-order valence-corrected chi connectivity index (χ0v) is 16.0. The molecule has 0 unspecified atom stereocenters. The van der Waals surface area contributed by atoms with Crippen molar-refractivity contribution >= 4 is 10.8 Å². The third-order valence-electron chi connectivity index (χ3n) is 4.71. The summed E-state index contributed by atoms with van der Waals surface area (Å²) >= 11 is 0. The maximum atomic E-state index is 11.7. The summed E-state index contributed by atoms with van der Waals surface area (Å²) in [4.78, 5) is 11.7. The molecule has 0 amide bonds. The van der Waals surface area contributed by atoms with Crippen LogP contribution >= 0.6 is 0 Å². The quantitative estimate of drug-likeness (QED) is 0.487. The highest BCUT2D eigenvalue weighted by atomic mass is 16.5. The fourth-order valence-corrected chi connectivity index (χ4v) is 3.28. The van der Waals surface area contributed by atoms with Crippen LogP contribution in [0.3, 0.4) is 0 Å². The monoisotopic (exact) mass is 387 g/mol. The Hall–Kier alpha value is -3.73. The van der Waals surface area contributed by atoms with Gasteiger partial charge < -0.3 is 14.7 Å². The molecule has 5 heteroatoms. The van der Waals surface area contributed by atoms with E-state index in [1.165, 1.54) is 11.5 Å². The Morgan fingerprint density at radius 3 is 2.28 bits per heavy atom. The number of aromatic nitrogens is 1. The van der Waals surface area contributed by atoms with E-state index in [0.717, 1.165) is 16.5 Å². The summed E-state index contributed by atoms with van der Waals surface area (Å²) in [5.74, 6) is 1.14. The molecule has 1 aromatic heterocycles. The maximum absolute atomic E-state index is 11.7. The van der Waals surface area contributed by atoms with Gasteiger partial charge in [0.1, 0.15) is 13.2 Å². The van der Waals surface area contributed by atoms with E-state index in [1.54, 1.807) is 19.1 Å². The zero-order valence-electron chi connectivity index (χ0n) is 16.0. The molecule has 1 heterocycles. The average molecular weight is 387 g/mol. The van der Waals surface area contributed by atoms with Gasteiger partial charge in [0, 0.05) is 6.07 Å². The third-order valence-corrected chi connectivity index (χ3v) is 4.71. The van der Waals surface area contributed by atoms with Crippen molar-refractivity contribution in [3.8, 4) is 11.5 Å². The summed E-state index contributed by atoms with van der Waals surface area (Å²) in [6.07, 6.45) is 0. The normalized spacial score (nSPS) is 10.8. The topological polar surface area (TPSA) is 60.7 Å². The number of fused-ring (bicyclic) bond motifs is 1. The average Bonchev–Trinajstić information content (AvgIpc) is 2.74. The Morgan fingerprint density at radius 2 is 1.48 bits per heavy atom. The second-order valence-electron chi connectivity index (χ2n) is 6.84. The number of hydrogen-bond donors (Lipinski definition) is 1. The lowest BCUT2D eigenvalue weighted by molar-refractivity contribution is 0.146. The molecule has 0 aliphatic heterocycles. The number of pyridine rings is 1. The molecule has 1 N–H and O–H groups in total. The molecule has 0 bridgehead atoms. The van der Waals surface area contributed by atoms with Gasteiger partial charge in [0.25, 0.3) is 5.56 Å². The van der Waals surface area contributed by atoms with Gasteiger partial charge in [-0.25, -0.2) is 0 Å². The predicted molar refractivity (Wildman–Crippen MR) is 112 cm³/mol.